The Bertz CT molecular complexity index is 1480. The molecule has 1 fully saturated rings. The van der Waals surface area contributed by atoms with Crippen LogP contribution in [0.15, 0.2) is 24.5 Å². The summed E-state index contributed by atoms with van der Waals surface area (Å²) in [6.45, 7) is 3.74. The maximum Gasteiger partial charge on any atom is 0.317 e. The molecule has 10 nitrogen and oxygen atoms in total. The Balaban J connectivity index is 1.42. The number of hydrogen-bond donors (Lipinski definition) is 1. The number of alkyl halides is 2. The van der Waals surface area contributed by atoms with Gasteiger partial charge < -0.3 is 15.1 Å². The highest BCUT2D eigenvalue weighted by Gasteiger charge is 2.35. The summed E-state index contributed by atoms with van der Waals surface area (Å²) in [6, 6.07) is 5.82. The summed E-state index contributed by atoms with van der Waals surface area (Å²) in [5, 5.41) is 21.2. The van der Waals surface area contributed by atoms with Gasteiger partial charge in [-0.25, -0.2) is 13.6 Å². The Morgan fingerprint density at radius 2 is 2.00 bits per heavy atom. The lowest BCUT2D eigenvalue weighted by molar-refractivity contribution is 0.152. The average molecular weight is 564 g/mol. The fourth-order valence-electron chi connectivity index (χ4n) is 6.56. The van der Waals surface area contributed by atoms with Gasteiger partial charge in [-0.1, -0.05) is 0 Å². The number of benzene rings is 1. The van der Waals surface area contributed by atoms with Gasteiger partial charge >= 0.3 is 6.03 Å². The lowest BCUT2D eigenvalue weighted by atomic mass is 9.92. The number of hydrogen-bond acceptors (Lipinski definition) is 6. The topological polar surface area (TPSA) is 98.2 Å². The van der Waals surface area contributed by atoms with Gasteiger partial charge in [-0.3, -0.25) is 14.3 Å². The molecule has 3 aliphatic heterocycles. The molecule has 2 amide bonds. The van der Waals surface area contributed by atoms with E-state index in [-0.39, 0.29) is 17.6 Å². The zero-order valence-electron chi connectivity index (χ0n) is 23.5. The lowest BCUT2D eigenvalue weighted by Crippen LogP contribution is -2.42. The maximum atomic E-state index is 14.5. The second-order valence-corrected chi connectivity index (χ2v) is 11.1. The fourth-order valence-corrected chi connectivity index (χ4v) is 6.56. The van der Waals surface area contributed by atoms with E-state index in [2.05, 4.69) is 31.0 Å². The van der Waals surface area contributed by atoms with Crippen LogP contribution in [0.1, 0.15) is 54.1 Å². The first-order chi connectivity index (χ1) is 19.9. The average Bonchev–Trinajstić information content (AvgIpc) is 3.59. The number of carbonyl (C=O) groups is 1. The summed E-state index contributed by atoms with van der Waals surface area (Å²) in [5.41, 5.74) is 5.03. The Kier molecular flexibility index (Phi) is 7.38. The molecule has 0 radical (unpaired) electrons. The summed E-state index contributed by atoms with van der Waals surface area (Å²) >= 11 is 0. The van der Waals surface area contributed by atoms with Gasteiger partial charge in [0.1, 0.15) is 0 Å². The standard InChI is InChI=1S/C29H35F2N9O/c1-33-29(41)38-12-7-25-24(18-38)28(35-40(25)21-5-10-37(11-6-21)13-8-32)39-9-3-4-19-14-22(20-16-34-36(2)17-20)23(27(30)31)15-26(19)39/h14-17,21,27H,3-7,9-13,18H2,1-2H3,(H,33,41). The number of aryl methyl sites for hydroxylation is 2. The van der Waals surface area contributed by atoms with E-state index in [9.17, 15) is 13.6 Å². The highest BCUT2D eigenvalue weighted by molar-refractivity contribution is 5.78. The molecule has 1 aromatic carbocycles. The Morgan fingerprint density at radius 3 is 2.68 bits per heavy atom. The van der Waals surface area contributed by atoms with Crippen LogP contribution in [0.4, 0.5) is 25.1 Å². The molecule has 3 aliphatic rings. The first kappa shape index (κ1) is 27.2. The highest BCUT2D eigenvalue weighted by Crippen LogP contribution is 2.43. The summed E-state index contributed by atoms with van der Waals surface area (Å²) in [5.74, 6) is 0.753. The predicted molar refractivity (Wildman–Crippen MR) is 150 cm³/mol. The Morgan fingerprint density at radius 1 is 1.20 bits per heavy atom. The quantitative estimate of drug-likeness (QED) is 0.468. The van der Waals surface area contributed by atoms with Crippen molar-refractivity contribution in [2.45, 2.75) is 51.1 Å². The molecule has 1 saturated heterocycles. The normalized spacial score (nSPS) is 17.9. The number of fused-ring (bicyclic) bond motifs is 2. The summed E-state index contributed by atoms with van der Waals surface area (Å²) < 4.78 is 32.7. The predicted octanol–water partition coefficient (Wildman–Crippen LogP) is 4.16. The van der Waals surface area contributed by atoms with Crippen LogP contribution >= 0.6 is 0 Å². The van der Waals surface area contributed by atoms with E-state index >= 15 is 0 Å². The number of halogens is 2. The summed E-state index contributed by atoms with van der Waals surface area (Å²) in [6.07, 6.45) is 4.84. The van der Waals surface area contributed by atoms with E-state index in [1.54, 1.807) is 42.1 Å². The van der Waals surface area contributed by atoms with Crippen LogP contribution in [0.25, 0.3) is 11.1 Å². The molecule has 216 valence electrons. The number of aromatic nitrogens is 4. The van der Waals surface area contributed by atoms with Gasteiger partial charge in [0.15, 0.2) is 5.82 Å². The number of rotatable bonds is 5. The van der Waals surface area contributed by atoms with E-state index in [0.29, 0.717) is 43.7 Å². The van der Waals surface area contributed by atoms with Gasteiger partial charge in [-0.2, -0.15) is 15.5 Å². The number of piperidine rings is 1. The first-order valence-corrected chi connectivity index (χ1v) is 14.3. The Labute approximate surface area is 238 Å². The van der Waals surface area contributed by atoms with Gasteiger partial charge in [-0.15, -0.1) is 0 Å². The number of nitriles is 1. The molecular formula is C29H35F2N9O. The van der Waals surface area contributed by atoms with Crippen molar-refractivity contribution >= 4 is 17.5 Å². The van der Waals surface area contributed by atoms with E-state index in [4.69, 9.17) is 10.4 Å². The fraction of sp³-hybridized carbons (Fsp3) is 0.517. The molecule has 0 atom stereocenters. The number of likely N-dealkylation sites (tertiary alicyclic amines) is 1. The lowest BCUT2D eigenvalue weighted by Gasteiger charge is -2.33. The molecule has 0 unspecified atom stereocenters. The molecule has 41 heavy (non-hydrogen) atoms. The zero-order valence-corrected chi connectivity index (χ0v) is 23.5. The number of urea groups is 1. The van der Waals surface area contributed by atoms with Crippen molar-refractivity contribution < 1.29 is 13.6 Å². The van der Waals surface area contributed by atoms with Crippen LogP contribution in [0.3, 0.4) is 0 Å². The second kappa shape index (κ2) is 11.1. The van der Waals surface area contributed by atoms with Crippen molar-refractivity contribution in [2.75, 3.05) is 44.7 Å². The van der Waals surface area contributed by atoms with Gasteiger partial charge in [0, 0.05) is 81.0 Å². The van der Waals surface area contributed by atoms with Crippen molar-refractivity contribution in [1.82, 2.24) is 34.7 Å². The first-order valence-electron chi connectivity index (χ1n) is 14.3. The highest BCUT2D eigenvalue weighted by atomic mass is 19.3. The third-order valence-corrected chi connectivity index (χ3v) is 8.64. The van der Waals surface area contributed by atoms with E-state index in [1.807, 2.05) is 6.07 Å². The van der Waals surface area contributed by atoms with Gasteiger partial charge in [0.05, 0.1) is 31.4 Å². The Hall–Kier alpha value is -3.98. The largest absolute Gasteiger partial charge is 0.341 e. The third kappa shape index (κ3) is 5.03. The van der Waals surface area contributed by atoms with Gasteiger partial charge in [0.25, 0.3) is 6.43 Å². The van der Waals surface area contributed by atoms with Crippen LogP contribution in [-0.2, 0) is 26.4 Å². The van der Waals surface area contributed by atoms with E-state index < -0.39 is 6.43 Å². The smallest absolute Gasteiger partial charge is 0.317 e. The molecule has 2 aromatic heterocycles. The van der Waals surface area contributed by atoms with Gasteiger partial charge in [-0.05, 0) is 48.9 Å². The monoisotopic (exact) mass is 563 g/mol. The molecule has 1 N–H and O–H groups in total. The van der Waals surface area contributed by atoms with Crippen molar-refractivity contribution in [1.29, 1.82) is 5.26 Å². The SMILES string of the molecule is CNC(=O)N1CCc2c(c(N3CCCc4cc(-c5cnn(C)c5)c(C(F)F)cc43)nn2C2CCN(CC#N)CC2)C1. The van der Waals surface area contributed by atoms with Crippen LogP contribution in [-0.4, -0.2) is 75.2 Å². The molecule has 0 aliphatic carbocycles. The molecule has 3 aromatic rings. The van der Waals surface area contributed by atoms with Crippen LogP contribution in [0, 0.1) is 11.3 Å². The van der Waals surface area contributed by atoms with Crippen molar-refractivity contribution in [3.63, 3.8) is 0 Å². The second-order valence-electron chi connectivity index (χ2n) is 11.1. The van der Waals surface area contributed by atoms with Crippen LogP contribution < -0.4 is 10.2 Å². The maximum absolute atomic E-state index is 14.5. The number of nitrogens with zero attached hydrogens (tertiary/aromatic N) is 8. The van der Waals surface area contributed by atoms with Crippen LogP contribution in [0.5, 0.6) is 0 Å². The molecule has 5 heterocycles. The minimum Gasteiger partial charge on any atom is -0.341 e. The minimum absolute atomic E-state index is 0.0196. The number of amides is 2. The zero-order chi connectivity index (χ0) is 28.7. The van der Waals surface area contributed by atoms with E-state index in [1.165, 1.54) is 0 Å². The molecule has 6 rings (SSSR count). The summed E-state index contributed by atoms with van der Waals surface area (Å²) in [4.78, 5) is 18.6. The third-order valence-electron chi connectivity index (χ3n) is 8.64. The molecule has 0 saturated carbocycles. The minimum atomic E-state index is -2.65. The van der Waals surface area contributed by atoms with Crippen molar-refractivity contribution in [3.05, 3.63) is 46.9 Å². The van der Waals surface area contributed by atoms with E-state index in [0.717, 1.165) is 67.1 Å². The molecule has 12 heteroatoms. The number of anilines is 2. The van der Waals surface area contributed by atoms with Crippen molar-refractivity contribution in [2.24, 2.45) is 7.05 Å². The van der Waals surface area contributed by atoms with Crippen LogP contribution in [0.2, 0.25) is 0 Å². The van der Waals surface area contributed by atoms with Gasteiger partial charge in [0.2, 0.25) is 0 Å². The number of nitrogens with one attached hydrogen (secondary N) is 1. The molecule has 0 bridgehead atoms. The number of carbonyl (C=O) groups excluding carboxylic acids is 1. The van der Waals surface area contributed by atoms with Crippen molar-refractivity contribution in [3.8, 4) is 17.2 Å². The molecular weight excluding hydrogens is 528 g/mol. The molecule has 0 spiro atoms. The summed E-state index contributed by atoms with van der Waals surface area (Å²) in [7, 11) is 3.41.